The standard InChI is InChI=1S/C15H24N2O2/c1-6-9-17(11-14(18)19-5)13-8-7-12(10-16-13)15(2,3)4/h7-8,10H,6,9,11H2,1-5H3. The van der Waals surface area contributed by atoms with E-state index in [4.69, 9.17) is 4.74 Å². The first-order chi connectivity index (χ1) is 8.88. The van der Waals surface area contributed by atoms with Gasteiger partial charge in [0.15, 0.2) is 0 Å². The van der Waals surface area contributed by atoms with Crippen molar-refractivity contribution in [1.29, 1.82) is 0 Å². The van der Waals surface area contributed by atoms with Gasteiger partial charge in [-0.3, -0.25) is 4.79 Å². The minimum absolute atomic E-state index is 0.0868. The summed E-state index contributed by atoms with van der Waals surface area (Å²) >= 11 is 0. The van der Waals surface area contributed by atoms with Gasteiger partial charge in [0.25, 0.3) is 0 Å². The van der Waals surface area contributed by atoms with E-state index in [9.17, 15) is 4.79 Å². The Morgan fingerprint density at radius 3 is 2.47 bits per heavy atom. The zero-order chi connectivity index (χ0) is 14.5. The molecule has 1 heterocycles. The Bertz CT molecular complexity index is 407. The van der Waals surface area contributed by atoms with Crippen LogP contribution in [0.25, 0.3) is 0 Å². The normalized spacial score (nSPS) is 11.2. The van der Waals surface area contributed by atoms with Crippen LogP contribution in [0.1, 0.15) is 39.7 Å². The van der Waals surface area contributed by atoms with E-state index >= 15 is 0 Å². The van der Waals surface area contributed by atoms with Crippen molar-refractivity contribution in [3.05, 3.63) is 23.9 Å². The second kappa shape index (κ2) is 6.55. The van der Waals surface area contributed by atoms with Crippen molar-refractivity contribution in [2.75, 3.05) is 25.1 Å². The molecular formula is C15H24N2O2. The van der Waals surface area contributed by atoms with Gasteiger partial charge in [0.2, 0.25) is 0 Å². The summed E-state index contributed by atoms with van der Waals surface area (Å²) in [4.78, 5) is 17.8. The summed E-state index contributed by atoms with van der Waals surface area (Å²) in [5.41, 5.74) is 1.27. The van der Waals surface area contributed by atoms with Gasteiger partial charge in [-0.2, -0.15) is 0 Å². The molecule has 0 saturated heterocycles. The SMILES string of the molecule is CCCN(CC(=O)OC)c1ccc(C(C)(C)C)cn1. The molecule has 0 amide bonds. The van der Waals surface area contributed by atoms with E-state index < -0.39 is 0 Å². The molecule has 0 aliphatic rings. The van der Waals surface area contributed by atoms with Crippen LogP contribution in [0.15, 0.2) is 18.3 Å². The third kappa shape index (κ3) is 4.54. The second-order valence-electron chi connectivity index (χ2n) is 5.65. The number of esters is 1. The van der Waals surface area contributed by atoms with Crippen LogP contribution >= 0.6 is 0 Å². The van der Waals surface area contributed by atoms with E-state index in [2.05, 4.69) is 38.7 Å². The van der Waals surface area contributed by atoms with Crippen LogP contribution in [-0.2, 0) is 14.9 Å². The van der Waals surface area contributed by atoms with Gasteiger partial charge < -0.3 is 9.64 Å². The fraction of sp³-hybridized carbons (Fsp3) is 0.600. The van der Waals surface area contributed by atoms with Crippen molar-refractivity contribution in [3.63, 3.8) is 0 Å². The highest BCUT2D eigenvalue weighted by Crippen LogP contribution is 2.23. The number of carbonyl (C=O) groups excluding carboxylic acids is 1. The summed E-state index contributed by atoms with van der Waals surface area (Å²) in [7, 11) is 1.41. The first-order valence-corrected chi connectivity index (χ1v) is 6.66. The Hall–Kier alpha value is -1.58. The summed E-state index contributed by atoms with van der Waals surface area (Å²) in [6.07, 6.45) is 2.84. The highest BCUT2D eigenvalue weighted by atomic mass is 16.5. The number of nitrogens with zero attached hydrogens (tertiary/aromatic N) is 2. The van der Waals surface area contributed by atoms with Crippen LogP contribution in [0.2, 0.25) is 0 Å². The molecule has 1 aromatic rings. The minimum Gasteiger partial charge on any atom is -0.468 e. The zero-order valence-corrected chi connectivity index (χ0v) is 12.6. The Morgan fingerprint density at radius 2 is 2.05 bits per heavy atom. The molecule has 0 aliphatic carbocycles. The summed E-state index contributed by atoms with van der Waals surface area (Å²) in [5, 5.41) is 0. The quantitative estimate of drug-likeness (QED) is 0.767. The van der Waals surface area contributed by atoms with Crippen LogP contribution in [0.4, 0.5) is 5.82 Å². The number of aromatic nitrogens is 1. The average Bonchev–Trinajstić information content (AvgIpc) is 2.37. The highest BCUT2D eigenvalue weighted by molar-refractivity contribution is 5.75. The van der Waals surface area contributed by atoms with E-state index in [0.29, 0.717) is 0 Å². The van der Waals surface area contributed by atoms with E-state index in [1.54, 1.807) is 0 Å². The van der Waals surface area contributed by atoms with Crippen LogP contribution in [0.3, 0.4) is 0 Å². The van der Waals surface area contributed by atoms with Crippen molar-refractivity contribution in [1.82, 2.24) is 4.98 Å². The Morgan fingerprint density at radius 1 is 1.37 bits per heavy atom. The maximum Gasteiger partial charge on any atom is 0.325 e. The lowest BCUT2D eigenvalue weighted by Gasteiger charge is -2.23. The van der Waals surface area contributed by atoms with Gasteiger partial charge in [0, 0.05) is 12.7 Å². The molecule has 106 valence electrons. The zero-order valence-electron chi connectivity index (χ0n) is 12.6. The molecule has 0 N–H and O–H groups in total. The molecule has 0 unspecified atom stereocenters. The minimum atomic E-state index is -0.241. The molecule has 0 atom stereocenters. The topological polar surface area (TPSA) is 42.4 Å². The van der Waals surface area contributed by atoms with Crippen LogP contribution in [-0.4, -0.2) is 31.2 Å². The largest absolute Gasteiger partial charge is 0.468 e. The van der Waals surface area contributed by atoms with Gasteiger partial charge in [-0.25, -0.2) is 4.98 Å². The van der Waals surface area contributed by atoms with Crippen LogP contribution < -0.4 is 4.90 Å². The first-order valence-electron chi connectivity index (χ1n) is 6.66. The fourth-order valence-electron chi connectivity index (χ4n) is 1.78. The fourth-order valence-corrected chi connectivity index (χ4v) is 1.78. The molecule has 0 radical (unpaired) electrons. The number of ether oxygens (including phenoxy) is 1. The molecule has 0 bridgehead atoms. The maximum atomic E-state index is 11.4. The average molecular weight is 264 g/mol. The predicted molar refractivity (Wildman–Crippen MR) is 77.5 cm³/mol. The molecule has 19 heavy (non-hydrogen) atoms. The summed E-state index contributed by atoms with van der Waals surface area (Å²) < 4.78 is 4.72. The lowest BCUT2D eigenvalue weighted by atomic mass is 9.88. The molecule has 0 aliphatic heterocycles. The molecule has 0 aromatic carbocycles. The van der Waals surface area contributed by atoms with Crippen LogP contribution in [0.5, 0.6) is 0 Å². The Kier molecular flexibility index (Phi) is 5.33. The summed E-state index contributed by atoms with van der Waals surface area (Å²) in [6, 6.07) is 4.04. The third-order valence-corrected chi connectivity index (χ3v) is 2.98. The van der Waals surface area contributed by atoms with Crippen molar-refractivity contribution in [3.8, 4) is 0 Å². The van der Waals surface area contributed by atoms with Gasteiger partial charge in [-0.1, -0.05) is 33.8 Å². The smallest absolute Gasteiger partial charge is 0.325 e. The molecule has 0 fully saturated rings. The number of anilines is 1. The molecular weight excluding hydrogens is 240 g/mol. The molecule has 0 spiro atoms. The van der Waals surface area contributed by atoms with Gasteiger partial charge >= 0.3 is 5.97 Å². The predicted octanol–water partition coefficient (Wildman–Crippen LogP) is 2.77. The van der Waals surface area contributed by atoms with Gasteiger partial charge in [0.05, 0.1) is 7.11 Å². The van der Waals surface area contributed by atoms with E-state index in [1.165, 1.54) is 12.7 Å². The highest BCUT2D eigenvalue weighted by Gasteiger charge is 2.16. The van der Waals surface area contributed by atoms with Crippen molar-refractivity contribution < 1.29 is 9.53 Å². The number of carbonyl (C=O) groups is 1. The molecule has 4 heteroatoms. The van der Waals surface area contributed by atoms with Crippen molar-refractivity contribution in [2.45, 2.75) is 39.5 Å². The Labute approximate surface area is 115 Å². The number of hydrogen-bond acceptors (Lipinski definition) is 4. The number of methoxy groups -OCH3 is 1. The lowest BCUT2D eigenvalue weighted by Crippen LogP contribution is -2.32. The second-order valence-corrected chi connectivity index (χ2v) is 5.65. The number of rotatable bonds is 5. The van der Waals surface area contributed by atoms with E-state index in [0.717, 1.165) is 18.8 Å². The third-order valence-electron chi connectivity index (χ3n) is 2.98. The number of hydrogen-bond donors (Lipinski definition) is 0. The number of pyridine rings is 1. The van der Waals surface area contributed by atoms with Gasteiger partial charge in [-0.15, -0.1) is 0 Å². The van der Waals surface area contributed by atoms with E-state index in [-0.39, 0.29) is 17.9 Å². The monoisotopic (exact) mass is 264 g/mol. The van der Waals surface area contributed by atoms with E-state index in [1.807, 2.05) is 17.2 Å². The van der Waals surface area contributed by atoms with Gasteiger partial charge in [0.1, 0.15) is 12.4 Å². The molecule has 0 saturated carbocycles. The van der Waals surface area contributed by atoms with Gasteiger partial charge in [-0.05, 0) is 23.5 Å². The molecule has 4 nitrogen and oxygen atoms in total. The lowest BCUT2D eigenvalue weighted by molar-refractivity contribution is -0.138. The van der Waals surface area contributed by atoms with Crippen molar-refractivity contribution >= 4 is 11.8 Å². The molecule has 1 aromatic heterocycles. The first kappa shape index (κ1) is 15.5. The maximum absolute atomic E-state index is 11.4. The molecule has 1 rings (SSSR count). The van der Waals surface area contributed by atoms with Crippen LogP contribution in [0, 0.1) is 0 Å². The van der Waals surface area contributed by atoms with Crippen molar-refractivity contribution in [2.24, 2.45) is 0 Å². The summed E-state index contributed by atoms with van der Waals surface area (Å²) in [5.74, 6) is 0.579. The Balaban J connectivity index is 2.88. The summed E-state index contributed by atoms with van der Waals surface area (Å²) in [6.45, 7) is 9.57.